The van der Waals surface area contributed by atoms with Crippen LogP contribution in [0.5, 0.6) is 5.75 Å². The molecule has 1 aromatic heterocycles. The third-order valence-electron chi connectivity index (χ3n) is 6.19. The summed E-state index contributed by atoms with van der Waals surface area (Å²) in [6.07, 6.45) is -8.66. The SMILES string of the molecule is O=C(Nc1ccc(OC(F)(F)F)cc1)c1cc2n(n1)[C@@H](C(F)(F)F)[C@H]1CCc3ccccc3[C@@H]1N2. The Bertz CT molecular complexity index is 1250. The van der Waals surface area contributed by atoms with Crippen LogP contribution >= 0.6 is 0 Å². The molecule has 2 heterocycles. The van der Waals surface area contributed by atoms with Crippen molar-refractivity contribution in [1.29, 1.82) is 0 Å². The Kier molecular flexibility index (Phi) is 5.41. The first kappa shape index (κ1) is 23.1. The molecule has 2 N–H and O–H groups in total. The lowest BCUT2D eigenvalue weighted by Crippen LogP contribution is -2.45. The van der Waals surface area contributed by atoms with Crippen LogP contribution in [-0.2, 0) is 6.42 Å². The van der Waals surface area contributed by atoms with E-state index in [0.717, 1.165) is 27.9 Å². The van der Waals surface area contributed by atoms with Gasteiger partial charge in [0.1, 0.15) is 11.6 Å². The fourth-order valence-electron chi connectivity index (χ4n) is 4.79. The topological polar surface area (TPSA) is 68.2 Å². The fourth-order valence-corrected chi connectivity index (χ4v) is 4.79. The van der Waals surface area contributed by atoms with Crippen molar-refractivity contribution in [3.8, 4) is 5.75 Å². The van der Waals surface area contributed by atoms with E-state index in [1.54, 1.807) is 12.1 Å². The van der Waals surface area contributed by atoms with Crippen LogP contribution in [0.2, 0.25) is 0 Å². The molecule has 0 radical (unpaired) electrons. The van der Waals surface area contributed by atoms with Crippen LogP contribution in [0, 0.1) is 5.92 Å². The zero-order chi connectivity index (χ0) is 25.0. The van der Waals surface area contributed by atoms with Gasteiger partial charge in [0.05, 0.1) is 6.04 Å². The molecular formula is C23H18F6N4O2. The highest BCUT2D eigenvalue weighted by atomic mass is 19.4. The van der Waals surface area contributed by atoms with E-state index in [1.807, 2.05) is 12.1 Å². The Morgan fingerprint density at radius 2 is 1.77 bits per heavy atom. The Hall–Kier alpha value is -3.70. The van der Waals surface area contributed by atoms with Gasteiger partial charge in [-0.25, -0.2) is 4.68 Å². The van der Waals surface area contributed by atoms with Gasteiger partial charge < -0.3 is 15.4 Å². The van der Waals surface area contributed by atoms with E-state index in [2.05, 4.69) is 20.5 Å². The molecule has 1 aliphatic carbocycles. The number of fused-ring (bicyclic) bond motifs is 4. The van der Waals surface area contributed by atoms with Crippen LogP contribution in [0.3, 0.4) is 0 Å². The first-order valence-electron chi connectivity index (χ1n) is 10.7. The number of amides is 1. The number of nitrogens with one attached hydrogen (secondary N) is 2. The smallest absolute Gasteiger partial charge is 0.406 e. The Morgan fingerprint density at radius 1 is 1.06 bits per heavy atom. The molecular weight excluding hydrogens is 478 g/mol. The van der Waals surface area contributed by atoms with Crippen LogP contribution in [0.1, 0.15) is 40.1 Å². The molecule has 2 aromatic carbocycles. The van der Waals surface area contributed by atoms with Crippen LogP contribution in [0.25, 0.3) is 0 Å². The molecule has 184 valence electrons. The minimum Gasteiger partial charge on any atom is -0.406 e. The van der Waals surface area contributed by atoms with E-state index < -0.39 is 42.2 Å². The molecule has 5 rings (SSSR count). The van der Waals surface area contributed by atoms with Crippen molar-refractivity contribution in [2.24, 2.45) is 5.92 Å². The summed E-state index contributed by atoms with van der Waals surface area (Å²) < 4.78 is 84.1. The maximum absolute atomic E-state index is 14.2. The molecule has 3 atom stereocenters. The predicted octanol–water partition coefficient (Wildman–Crippen LogP) is 5.87. The van der Waals surface area contributed by atoms with Gasteiger partial charge in [-0.05, 0) is 48.2 Å². The summed E-state index contributed by atoms with van der Waals surface area (Å²) in [6, 6.07) is 10.4. The van der Waals surface area contributed by atoms with E-state index in [-0.39, 0.29) is 17.2 Å². The van der Waals surface area contributed by atoms with Crippen molar-refractivity contribution in [1.82, 2.24) is 9.78 Å². The third kappa shape index (κ3) is 4.52. The molecule has 6 nitrogen and oxygen atoms in total. The quantitative estimate of drug-likeness (QED) is 0.446. The normalized spacial score (nSPS) is 21.3. The van der Waals surface area contributed by atoms with Crippen molar-refractivity contribution in [3.63, 3.8) is 0 Å². The first-order valence-corrected chi connectivity index (χ1v) is 10.7. The standard InChI is InChI=1S/C23H18F6N4O2/c24-22(25,26)20-16-10-5-12-3-1-2-4-15(12)19(16)31-18-11-17(32-33(18)20)21(34)30-13-6-8-14(9-7-13)35-23(27,28)29/h1-4,6-9,11,16,19-20,31H,5,10H2,(H,30,34)/t16-,19-,20+/m0/s1. The molecule has 0 saturated carbocycles. The van der Waals surface area contributed by atoms with Crippen molar-refractivity contribution < 1.29 is 35.9 Å². The van der Waals surface area contributed by atoms with Gasteiger partial charge in [-0.2, -0.15) is 18.3 Å². The number of hydrogen-bond donors (Lipinski definition) is 2. The Balaban J connectivity index is 1.41. The monoisotopic (exact) mass is 496 g/mol. The first-order chi connectivity index (χ1) is 16.5. The average molecular weight is 496 g/mol. The Morgan fingerprint density at radius 3 is 2.46 bits per heavy atom. The lowest BCUT2D eigenvalue weighted by Gasteiger charge is -2.43. The molecule has 0 fully saturated rings. The predicted molar refractivity (Wildman–Crippen MR) is 113 cm³/mol. The second kappa shape index (κ2) is 8.21. The number of aromatic nitrogens is 2. The fraction of sp³-hybridized carbons (Fsp3) is 0.304. The van der Waals surface area contributed by atoms with Crippen LogP contribution in [0.15, 0.2) is 54.6 Å². The van der Waals surface area contributed by atoms with Crippen molar-refractivity contribution in [2.45, 2.75) is 37.5 Å². The molecule has 2 aliphatic rings. The second-order valence-corrected chi connectivity index (χ2v) is 8.40. The number of nitrogens with zero attached hydrogens (tertiary/aromatic N) is 2. The van der Waals surface area contributed by atoms with Gasteiger partial charge in [0.25, 0.3) is 5.91 Å². The number of carbonyl (C=O) groups is 1. The van der Waals surface area contributed by atoms with Gasteiger partial charge in [-0.3, -0.25) is 4.79 Å². The summed E-state index contributed by atoms with van der Waals surface area (Å²) in [6.45, 7) is 0. The van der Waals surface area contributed by atoms with Crippen LogP contribution in [-0.4, -0.2) is 28.2 Å². The minimum atomic E-state index is -4.86. The number of alkyl halides is 6. The lowest BCUT2D eigenvalue weighted by atomic mass is 9.75. The van der Waals surface area contributed by atoms with Crippen molar-refractivity contribution in [2.75, 3.05) is 10.6 Å². The number of hydrogen-bond acceptors (Lipinski definition) is 4. The van der Waals surface area contributed by atoms with Gasteiger partial charge in [0.15, 0.2) is 11.7 Å². The molecule has 3 aromatic rings. The minimum absolute atomic E-state index is 0.0596. The molecule has 1 aliphatic heterocycles. The average Bonchev–Trinajstić information content (AvgIpc) is 3.20. The summed E-state index contributed by atoms with van der Waals surface area (Å²) in [5.74, 6) is -2.03. The number of halogens is 6. The number of benzene rings is 2. The molecule has 0 spiro atoms. The van der Waals surface area contributed by atoms with Gasteiger partial charge in [-0.1, -0.05) is 24.3 Å². The number of ether oxygens (including phenoxy) is 1. The largest absolute Gasteiger partial charge is 0.573 e. The Labute approximate surface area is 194 Å². The summed E-state index contributed by atoms with van der Waals surface area (Å²) in [4.78, 5) is 12.7. The third-order valence-corrected chi connectivity index (χ3v) is 6.19. The zero-order valence-electron chi connectivity index (χ0n) is 17.8. The lowest BCUT2D eigenvalue weighted by molar-refractivity contribution is -0.274. The maximum atomic E-state index is 14.2. The zero-order valence-corrected chi connectivity index (χ0v) is 17.8. The summed E-state index contributed by atoms with van der Waals surface area (Å²) in [5.41, 5.74) is 1.63. The highest BCUT2D eigenvalue weighted by Gasteiger charge is 2.53. The van der Waals surface area contributed by atoms with Gasteiger partial charge in [0.2, 0.25) is 0 Å². The second-order valence-electron chi connectivity index (χ2n) is 8.40. The molecule has 0 saturated heterocycles. The summed E-state index contributed by atoms with van der Waals surface area (Å²) in [5, 5.41) is 9.51. The van der Waals surface area contributed by atoms with E-state index in [0.29, 0.717) is 12.8 Å². The van der Waals surface area contributed by atoms with Gasteiger partial charge in [0, 0.05) is 17.7 Å². The number of rotatable bonds is 3. The summed E-state index contributed by atoms with van der Waals surface area (Å²) in [7, 11) is 0. The molecule has 35 heavy (non-hydrogen) atoms. The van der Waals surface area contributed by atoms with Crippen molar-refractivity contribution in [3.05, 3.63) is 71.4 Å². The number of anilines is 2. The highest BCUT2D eigenvalue weighted by molar-refractivity contribution is 6.03. The van der Waals surface area contributed by atoms with E-state index in [9.17, 15) is 31.1 Å². The molecule has 12 heteroatoms. The summed E-state index contributed by atoms with van der Waals surface area (Å²) >= 11 is 0. The van der Waals surface area contributed by atoms with Crippen LogP contribution in [0.4, 0.5) is 37.8 Å². The van der Waals surface area contributed by atoms with Gasteiger partial charge in [-0.15, -0.1) is 13.2 Å². The van der Waals surface area contributed by atoms with Crippen molar-refractivity contribution >= 4 is 17.4 Å². The van der Waals surface area contributed by atoms with E-state index in [4.69, 9.17) is 0 Å². The highest BCUT2D eigenvalue weighted by Crippen LogP contribution is 2.51. The van der Waals surface area contributed by atoms with Gasteiger partial charge >= 0.3 is 12.5 Å². The van der Waals surface area contributed by atoms with E-state index in [1.165, 1.54) is 18.2 Å². The number of aryl methyl sites for hydroxylation is 1. The molecule has 1 amide bonds. The number of carbonyl (C=O) groups excluding carboxylic acids is 1. The van der Waals surface area contributed by atoms with Crippen LogP contribution < -0.4 is 15.4 Å². The molecule has 0 bridgehead atoms. The molecule has 0 unspecified atom stereocenters. The maximum Gasteiger partial charge on any atom is 0.573 e. The van der Waals surface area contributed by atoms with E-state index >= 15 is 0 Å².